The summed E-state index contributed by atoms with van der Waals surface area (Å²) in [4.78, 5) is 27.2. The smallest absolute Gasteiger partial charge is 0.275 e. The fourth-order valence-electron chi connectivity index (χ4n) is 3.46. The van der Waals surface area contributed by atoms with E-state index in [1.165, 1.54) is 4.68 Å². The fourth-order valence-corrected chi connectivity index (χ4v) is 3.46. The van der Waals surface area contributed by atoms with Gasteiger partial charge in [0.25, 0.3) is 11.5 Å². The van der Waals surface area contributed by atoms with Gasteiger partial charge in [0.1, 0.15) is 0 Å². The lowest BCUT2D eigenvalue weighted by Gasteiger charge is -2.32. The molecule has 0 saturated carbocycles. The zero-order valence-corrected chi connectivity index (χ0v) is 14.0. The van der Waals surface area contributed by atoms with E-state index in [1.807, 2.05) is 27.9 Å². The Labute approximate surface area is 144 Å². The predicted molar refractivity (Wildman–Crippen MR) is 93.4 cm³/mol. The van der Waals surface area contributed by atoms with Crippen LogP contribution in [-0.2, 0) is 7.05 Å². The molecule has 1 fully saturated rings. The van der Waals surface area contributed by atoms with E-state index in [0.29, 0.717) is 29.6 Å². The average Bonchev–Trinajstić information content (AvgIpc) is 3.19. The van der Waals surface area contributed by atoms with Crippen LogP contribution >= 0.6 is 0 Å². The minimum absolute atomic E-state index is 0.136. The summed E-state index contributed by atoms with van der Waals surface area (Å²) in [6, 6.07) is 9.20. The van der Waals surface area contributed by atoms with Crippen LogP contribution in [0.2, 0.25) is 0 Å². The quantitative estimate of drug-likeness (QED) is 0.712. The molecule has 0 spiro atoms. The Kier molecular flexibility index (Phi) is 3.83. The van der Waals surface area contributed by atoms with Gasteiger partial charge in [-0.15, -0.1) is 0 Å². The summed E-state index contributed by atoms with van der Waals surface area (Å²) in [5, 5.41) is 9.68. The Balaban J connectivity index is 1.70. The molecule has 7 heteroatoms. The first kappa shape index (κ1) is 15.6. The number of nitrogens with zero attached hydrogens (tertiary/aromatic N) is 5. The summed E-state index contributed by atoms with van der Waals surface area (Å²) in [5.41, 5.74) is 0.138. The highest BCUT2D eigenvalue weighted by Crippen LogP contribution is 2.23. The van der Waals surface area contributed by atoms with Crippen molar-refractivity contribution in [3.8, 4) is 0 Å². The van der Waals surface area contributed by atoms with Crippen molar-refractivity contribution in [2.24, 2.45) is 7.05 Å². The molecule has 1 aliphatic rings. The van der Waals surface area contributed by atoms with Gasteiger partial charge in [0.05, 0.1) is 11.4 Å². The van der Waals surface area contributed by atoms with Crippen molar-refractivity contribution in [2.75, 3.05) is 13.1 Å². The zero-order valence-electron chi connectivity index (χ0n) is 14.0. The molecule has 128 valence electrons. The summed E-state index contributed by atoms with van der Waals surface area (Å²) >= 11 is 0. The molecule has 0 aliphatic carbocycles. The molecule has 1 aliphatic heterocycles. The molecule has 1 aromatic carbocycles. The van der Waals surface area contributed by atoms with Crippen molar-refractivity contribution in [3.63, 3.8) is 0 Å². The highest BCUT2D eigenvalue weighted by atomic mass is 16.2. The van der Waals surface area contributed by atoms with Crippen LogP contribution in [0.5, 0.6) is 0 Å². The van der Waals surface area contributed by atoms with Gasteiger partial charge < -0.3 is 4.90 Å². The largest absolute Gasteiger partial charge is 0.335 e. The van der Waals surface area contributed by atoms with E-state index in [-0.39, 0.29) is 17.5 Å². The Morgan fingerprint density at radius 2 is 2.00 bits per heavy atom. The van der Waals surface area contributed by atoms with Gasteiger partial charge in [-0.2, -0.15) is 10.2 Å². The molecular weight excluding hydrogens is 318 g/mol. The molecule has 0 N–H and O–H groups in total. The number of hydrogen-bond donors (Lipinski definition) is 0. The number of carbonyl (C=O) groups excluding carboxylic acids is 1. The van der Waals surface area contributed by atoms with E-state index in [0.717, 1.165) is 12.8 Å². The second-order valence-electron chi connectivity index (χ2n) is 6.36. The van der Waals surface area contributed by atoms with Crippen molar-refractivity contribution < 1.29 is 4.79 Å². The van der Waals surface area contributed by atoms with Gasteiger partial charge in [-0.25, -0.2) is 4.68 Å². The zero-order chi connectivity index (χ0) is 17.4. The SMILES string of the molecule is Cn1nc(C(=O)N2CCC[C@@H](n3cccn3)C2)c2ccccc2c1=O. The first-order valence-electron chi connectivity index (χ1n) is 8.39. The lowest BCUT2D eigenvalue weighted by atomic mass is 10.0. The molecule has 1 atom stereocenters. The van der Waals surface area contributed by atoms with Crippen molar-refractivity contribution >= 4 is 16.7 Å². The molecule has 1 saturated heterocycles. The molecule has 2 aromatic heterocycles. The summed E-state index contributed by atoms with van der Waals surface area (Å²) in [6.45, 7) is 1.29. The number of carbonyl (C=O) groups is 1. The molecule has 1 amide bonds. The van der Waals surface area contributed by atoms with Crippen LogP contribution in [0, 0.1) is 0 Å². The number of likely N-dealkylation sites (tertiary alicyclic amines) is 1. The van der Waals surface area contributed by atoms with Crippen molar-refractivity contribution in [2.45, 2.75) is 18.9 Å². The highest BCUT2D eigenvalue weighted by molar-refractivity contribution is 6.04. The van der Waals surface area contributed by atoms with Crippen LogP contribution in [0.1, 0.15) is 29.4 Å². The molecule has 7 nitrogen and oxygen atoms in total. The lowest BCUT2D eigenvalue weighted by molar-refractivity contribution is 0.0667. The number of rotatable bonds is 2. The van der Waals surface area contributed by atoms with Crippen LogP contribution in [0.3, 0.4) is 0 Å². The Bertz CT molecular complexity index is 977. The third-order valence-electron chi connectivity index (χ3n) is 4.74. The molecular formula is C18H19N5O2. The Morgan fingerprint density at radius 1 is 1.20 bits per heavy atom. The van der Waals surface area contributed by atoms with Crippen molar-refractivity contribution in [1.29, 1.82) is 0 Å². The number of aromatic nitrogens is 4. The monoisotopic (exact) mass is 337 g/mol. The van der Waals surface area contributed by atoms with E-state index < -0.39 is 0 Å². The molecule has 0 radical (unpaired) electrons. The van der Waals surface area contributed by atoms with Gasteiger partial charge >= 0.3 is 0 Å². The maximum atomic E-state index is 13.1. The summed E-state index contributed by atoms with van der Waals surface area (Å²) < 4.78 is 3.15. The van der Waals surface area contributed by atoms with E-state index in [9.17, 15) is 9.59 Å². The summed E-state index contributed by atoms with van der Waals surface area (Å²) in [5.74, 6) is -0.136. The number of piperidine rings is 1. The van der Waals surface area contributed by atoms with Gasteiger partial charge in [-0.05, 0) is 25.0 Å². The Morgan fingerprint density at radius 3 is 2.76 bits per heavy atom. The molecule has 4 rings (SSSR count). The molecule has 25 heavy (non-hydrogen) atoms. The predicted octanol–water partition coefficient (Wildman–Crippen LogP) is 1.61. The van der Waals surface area contributed by atoms with E-state index >= 15 is 0 Å². The van der Waals surface area contributed by atoms with Crippen LogP contribution in [0.25, 0.3) is 10.8 Å². The van der Waals surface area contributed by atoms with Crippen LogP contribution < -0.4 is 5.56 Å². The van der Waals surface area contributed by atoms with E-state index in [2.05, 4.69) is 10.2 Å². The minimum Gasteiger partial charge on any atom is -0.335 e. The van der Waals surface area contributed by atoms with Crippen LogP contribution in [-0.4, -0.2) is 43.5 Å². The van der Waals surface area contributed by atoms with Gasteiger partial charge in [0.15, 0.2) is 5.69 Å². The highest BCUT2D eigenvalue weighted by Gasteiger charge is 2.28. The second kappa shape index (κ2) is 6.16. The number of aryl methyl sites for hydroxylation is 1. The van der Waals surface area contributed by atoms with Gasteiger partial charge in [-0.3, -0.25) is 14.3 Å². The molecule has 0 bridgehead atoms. The third kappa shape index (κ3) is 2.71. The molecule has 3 aromatic rings. The lowest BCUT2D eigenvalue weighted by Crippen LogP contribution is -2.42. The van der Waals surface area contributed by atoms with E-state index in [4.69, 9.17) is 0 Å². The van der Waals surface area contributed by atoms with Gasteiger partial charge in [0, 0.05) is 37.9 Å². The topological polar surface area (TPSA) is 73.0 Å². The van der Waals surface area contributed by atoms with Crippen molar-refractivity contribution in [1.82, 2.24) is 24.5 Å². The standard InChI is InChI=1S/C18H19N5O2/c1-21-17(24)15-8-3-2-7-14(15)16(20-21)18(25)22-10-4-6-13(12-22)23-11-5-9-19-23/h2-3,5,7-9,11,13H,4,6,10,12H2,1H3/t13-/m1/s1. The van der Waals surface area contributed by atoms with Crippen LogP contribution in [0.4, 0.5) is 0 Å². The third-order valence-corrected chi connectivity index (χ3v) is 4.74. The van der Waals surface area contributed by atoms with Crippen molar-refractivity contribution in [3.05, 3.63) is 58.8 Å². The first-order chi connectivity index (χ1) is 12.1. The van der Waals surface area contributed by atoms with Crippen LogP contribution in [0.15, 0.2) is 47.5 Å². The second-order valence-corrected chi connectivity index (χ2v) is 6.36. The van der Waals surface area contributed by atoms with E-state index in [1.54, 1.807) is 31.4 Å². The number of fused-ring (bicyclic) bond motifs is 1. The van der Waals surface area contributed by atoms with Gasteiger partial charge in [-0.1, -0.05) is 18.2 Å². The van der Waals surface area contributed by atoms with Gasteiger partial charge in [0.2, 0.25) is 0 Å². The average molecular weight is 337 g/mol. The Hall–Kier alpha value is -2.96. The summed E-state index contributed by atoms with van der Waals surface area (Å²) in [6.07, 6.45) is 5.59. The normalized spacial score (nSPS) is 17.8. The fraction of sp³-hybridized carbons (Fsp3) is 0.333. The molecule has 0 unspecified atom stereocenters. The molecule has 3 heterocycles. The number of benzene rings is 1. The minimum atomic E-state index is -0.194. The number of amides is 1. The maximum absolute atomic E-state index is 13.1. The summed E-state index contributed by atoms with van der Waals surface area (Å²) in [7, 11) is 1.58. The maximum Gasteiger partial charge on any atom is 0.275 e. The first-order valence-corrected chi connectivity index (χ1v) is 8.39. The number of hydrogen-bond acceptors (Lipinski definition) is 4.